The van der Waals surface area contributed by atoms with E-state index >= 15 is 0 Å². The molecule has 0 bridgehead atoms. The van der Waals surface area contributed by atoms with Crippen molar-refractivity contribution in [2.75, 3.05) is 13.7 Å². The minimum absolute atomic E-state index is 0.248. The summed E-state index contributed by atoms with van der Waals surface area (Å²) < 4.78 is 11.7. The Kier molecular flexibility index (Phi) is 7.13. The molecule has 0 aromatic heterocycles. The van der Waals surface area contributed by atoms with Crippen molar-refractivity contribution < 1.29 is 19.1 Å². The highest BCUT2D eigenvalue weighted by Crippen LogP contribution is 2.35. The van der Waals surface area contributed by atoms with Gasteiger partial charge in [-0.3, -0.25) is 9.69 Å². The van der Waals surface area contributed by atoms with Crippen LogP contribution in [0.2, 0.25) is 0 Å². The van der Waals surface area contributed by atoms with E-state index in [-0.39, 0.29) is 11.6 Å². The molecule has 31 heavy (non-hydrogen) atoms. The predicted octanol–water partition coefficient (Wildman–Crippen LogP) is 4.61. The van der Waals surface area contributed by atoms with Crippen LogP contribution in [0, 0.1) is 6.92 Å². The molecule has 1 N–H and O–H groups in total. The van der Waals surface area contributed by atoms with E-state index < -0.39 is 6.03 Å². The molecule has 1 saturated heterocycles. The Labute approximate surface area is 183 Å². The molecule has 3 amide bonds. The highest BCUT2D eigenvalue weighted by atomic mass is 16.5. The van der Waals surface area contributed by atoms with E-state index in [9.17, 15) is 9.59 Å². The molecule has 3 rings (SSSR count). The molecule has 6 heteroatoms. The van der Waals surface area contributed by atoms with Gasteiger partial charge in [0.25, 0.3) is 5.91 Å². The van der Waals surface area contributed by atoms with Gasteiger partial charge in [0.2, 0.25) is 0 Å². The number of carbonyl (C=O) groups is 2. The summed E-state index contributed by atoms with van der Waals surface area (Å²) in [6.45, 7) is 8.59. The number of amides is 3. The number of nitrogens with one attached hydrogen (secondary N) is 1. The van der Waals surface area contributed by atoms with Crippen LogP contribution in [-0.4, -0.2) is 30.5 Å². The normalized spacial score (nSPS) is 14.7. The van der Waals surface area contributed by atoms with Crippen molar-refractivity contribution >= 4 is 18.0 Å². The Morgan fingerprint density at radius 1 is 1.16 bits per heavy atom. The van der Waals surface area contributed by atoms with Crippen LogP contribution in [0.4, 0.5) is 4.79 Å². The van der Waals surface area contributed by atoms with Crippen molar-refractivity contribution in [1.29, 1.82) is 0 Å². The molecule has 0 spiro atoms. The molecule has 0 saturated carbocycles. The first-order valence-corrected chi connectivity index (χ1v) is 10.3. The largest absolute Gasteiger partial charge is 0.493 e. The molecular weight excluding hydrogens is 392 g/mol. The monoisotopic (exact) mass is 420 g/mol. The first kappa shape index (κ1) is 22.2. The average Bonchev–Trinajstić information content (AvgIpc) is 3.01. The van der Waals surface area contributed by atoms with Crippen LogP contribution in [-0.2, 0) is 17.8 Å². The number of urea groups is 1. The summed E-state index contributed by atoms with van der Waals surface area (Å²) >= 11 is 0. The van der Waals surface area contributed by atoms with Gasteiger partial charge in [-0.05, 0) is 49.1 Å². The summed E-state index contributed by atoms with van der Waals surface area (Å²) in [6.07, 6.45) is 4.72. The van der Waals surface area contributed by atoms with Gasteiger partial charge in [0.15, 0.2) is 11.5 Å². The van der Waals surface area contributed by atoms with E-state index in [0.29, 0.717) is 37.5 Å². The fourth-order valence-electron chi connectivity index (χ4n) is 3.39. The molecule has 1 heterocycles. The number of carbonyl (C=O) groups excluding carboxylic acids is 2. The van der Waals surface area contributed by atoms with E-state index in [0.717, 1.165) is 16.7 Å². The number of hydrogen-bond acceptors (Lipinski definition) is 4. The molecule has 0 atom stereocenters. The van der Waals surface area contributed by atoms with E-state index in [1.807, 2.05) is 44.2 Å². The van der Waals surface area contributed by atoms with E-state index in [2.05, 4.69) is 11.9 Å². The van der Waals surface area contributed by atoms with Gasteiger partial charge in [0.05, 0.1) is 7.11 Å². The molecule has 2 aromatic rings. The van der Waals surface area contributed by atoms with Crippen LogP contribution in [0.5, 0.6) is 11.5 Å². The Morgan fingerprint density at radius 3 is 2.55 bits per heavy atom. The minimum atomic E-state index is -0.394. The molecular formula is C25H28N2O4. The quantitative estimate of drug-likeness (QED) is 0.365. The number of benzene rings is 2. The van der Waals surface area contributed by atoms with E-state index in [4.69, 9.17) is 9.47 Å². The highest BCUT2D eigenvalue weighted by Gasteiger charge is 2.32. The van der Waals surface area contributed by atoms with Crippen LogP contribution in [0.1, 0.15) is 35.6 Å². The van der Waals surface area contributed by atoms with Crippen molar-refractivity contribution in [1.82, 2.24) is 10.2 Å². The maximum atomic E-state index is 12.5. The molecule has 162 valence electrons. The number of ether oxygens (including phenoxy) is 2. The minimum Gasteiger partial charge on any atom is -0.493 e. The number of nitrogens with zero attached hydrogens (tertiary/aromatic N) is 1. The van der Waals surface area contributed by atoms with Crippen LogP contribution >= 0.6 is 0 Å². The van der Waals surface area contributed by atoms with Gasteiger partial charge in [0.1, 0.15) is 12.3 Å². The summed E-state index contributed by atoms with van der Waals surface area (Å²) in [7, 11) is 1.58. The van der Waals surface area contributed by atoms with Crippen LogP contribution in [0.3, 0.4) is 0 Å². The molecule has 6 nitrogen and oxygen atoms in total. The first-order valence-electron chi connectivity index (χ1n) is 10.3. The van der Waals surface area contributed by atoms with Crippen molar-refractivity contribution in [2.45, 2.75) is 33.3 Å². The average molecular weight is 421 g/mol. The zero-order chi connectivity index (χ0) is 22.4. The SMILES string of the molecule is C=CCc1cc(/C=C2/NC(=O)N(CCC)C2=O)cc(OC)c1OCc1ccc(C)cc1. The zero-order valence-corrected chi connectivity index (χ0v) is 18.2. The molecule has 0 aliphatic carbocycles. The van der Waals surface area contributed by atoms with Crippen LogP contribution in [0.15, 0.2) is 54.8 Å². The van der Waals surface area contributed by atoms with Gasteiger partial charge in [0, 0.05) is 12.1 Å². The molecule has 2 aromatic carbocycles. The van der Waals surface area contributed by atoms with E-state index in [1.165, 1.54) is 10.5 Å². The van der Waals surface area contributed by atoms with Gasteiger partial charge < -0.3 is 14.8 Å². The second kappa shape index (κ2) is 9.98. The van der Waals surface area contributed by atoms with Crippen molar-refractivity contribution in [3.63, 3.8) is 0 Å². The summed E-state index contributed by atoms with van der Waals surface area (Å²) in [6, 6.07) is 11.5. The molecule has 1 aliphatic rings. The topological polar surface area (TPSA) is 67.9 Å². The lowest BCUT2D eigenvalue weighted by Crippen LogP contribution is -2.31. The van der Waals surface area contributed by atoms with Crippen molar-refractivity contribution in [3.05, 3.63) is 77.0 Å². The third-order valence-corrected chi connectivity index (χ3v) is 4.96. The molecule has 0 unspecified atom stereocenters. The van der Waals surface area contributed by atoms with Gasteiger partial charge in [-0.1, -0.05) is 42.8 Å². The summed E-state index contributed by atoms with van der Waals surface area (Å²) in [5, 5.41) is 2.65. The zero-order valence-electron chi connectivity index (χ0n) is 18.2. The lowest BCUT2D eigenvalue weighted by atomic mass is 10.0. The smallest absolute Gasteiger partial charge is 0.329 e. The van der Waals surface area contributed by atoms with Gasteiger partial charge in [-0.25, -0.2) is 4.79 Å². The Bertz CT molecular complexity index is 1010. The third kappa shape index (κ3) is 5.15. The summed E-state index contributed by atoms with van der Waals surface area (Å²) in [5.74, 6) is 0.871. The van der Waals surface area contributed by atoms with E-state index in [1.54, 1.807) is 25.3 Å². The third-order valence-electron chi connectivity index (χ3n) is 4.96. The Balaban J connectivity index is 1.90. The summed E-state index contributed by atoms with van der Waals surface area (Å²) in [5.41, 5.74) is 4.11. The first-order chi connectivity index (χ1) is 15.0. The van der Waals surface area contributed by atoms with Gasteiger partial charge in [-0.2, -0.15) is 0 Å². The molecule has 1 fully saturated rings. The fraction of sp³-hybridized carbons (Fsp3) is 0.280. The molecule has 1 aliphatic heterocycles. The Morgan fingerprint density at radius 2 is 1.90 bits per heavy atom. The summed E-state index contributed by atoms with van der Waals surface area (Å²) in [4.78, 5) is 25.8. The number of methoxy groups -OCH3 is 1. The standard InChI is InChI=1S/C25H28N2O4/c1-5-7-20-13-19(14-21-24(28)27(12-6-2)25(29)26-21)15-22(30-4)23(20)31-16-18-10-8-17(3)9-11-18/h5,8-11,13-15H,1,6-7,12,16H2,2-4H3,(H,26,29)/b21-14+. The van der Waals surface area contributed by atoms with Gasteiger partial charge >= 0.3 is 6.03 Å². The number of rotatable bonds is 9. The second-order valence-electron chi connectivity index (χ2n) is 7.42. The lowest BCUT2D eigenvalue weighted by molar-refractivity contribution is -0.122. The van der Waals surface area contributed by atoms with Crippen LogP contribution in [0.25, 0.3) is 6.08 Å². The van der Waals surface area contributed by atoms with Gasteiger partial charge in [-0.15, -0.1) is 6.58 Å². The van der Waals surface area contributed by atoms with Crippen molar-refractivity contribution in [2.24, 2.45) is 0 Å². The molecule has 0 radical (unpaired) electrons. The lowest BCUT2D eigenvalue weighted by Gasteiger charge is -2.16. The maximum absolute atomic E-state index is 12.5. The number of imide groups is 1. The highest BCUT2D eigenvalue weighted by molar-refractivity contribution is 6.14. The fourth-order valence-corrected chi connectivity index (χ4v) is 3.39. The maximum Gasteiger partial charge on any atom is 0.329 e. The Hall–Kier alpha value is -3.54. The van der Waals surface area contributed by atoms with Crippen molar-refractivity contribution in [3.8, 4) is 11.5 Å². The second-order valence-corrected chi connectivity index (χ2v) is 7.42. The predicted molar refractivity (Wildman–Crippen MR) is 121 cm³/mol. The number of hydrogen-bond donors (Lipinski definition) is 1. The number of aryl methyl sites for hydroxylation is 1. The number of allylic oxidation sites excluding steroid dienone is 1. The van der Waals surface area contributed by atoms with Crippen LogP contribution < -0.4 is 14.8 Å².